The summed E-state index contributed by atoms with van der Waals surface area (Å²) in [6.45, 7) is 0. The fraction of sp³-hybridized carbons (Fsp3) is 0. The number of rotatable bonds is 1. The number of thiol groups is 2. The molecule has 0 fully saturated rings. The summed E-state index contributed by atoms with van der Waals surface area (Å²) in [7, 11) is 0. The monoisotopic (exact) mass is 164 g/mol. The van der Waals surface area contributed by atoms with Crippen molar-refractivity contribution in [3.05, 3.63) is 11.6 Å². The Kier molecular flexibility index (Phi) is 2.04. The lowest BCUT2D eigenvalue weighted by atomic mass is 11.0. The van der Waals surface area contributed by atoms with Crippen molar-refractivity contribution in [1.82, 2.24) is 4.98 Å². The summed E-state index contributed by atoms with van der Waals surface area (Å²) in [5.74, 6) is 0. The zero-order valence-electron chi connectivity index (χ0n) is 3.85. The largest absolute Gasteiger partial charge is 0.238 e. The van der Waals surface area contributed by atoms with Crippen LogP contribution in [-0.4, -0.2) is 4.98 Å². The van der Waals surface area contributed by atoms with Gasteiger partial charge >= 0.3 is 0 Å². The zero-order chi connectivity index (χ0) is 5.98. The Hall–Kier alpha value is 0.130. The van der Waals surface area contributed by atoms with Crippen LogP contribution in [0.5, 0.6) is 0 Å². The van der Waals surface area contributed by atoms with Crippen molar-refractivity contribution in [2.45, 2.75) is 0 Å². The van der Waals surface area contributed by atoms with Gasteiger partial charge in [0.15, 0.2) is 0 Å². The Bertz CT molecular complexity index is 148. The summed E-state index contributed by atoms with van der Waals surface area (Å²) >= 11 is 9.29. The van der Waals surface area contributed by atoms with Gasteiger partial charge in [0, 0.05) is 11.6 Å². The molecule has 0 aromatic carbocycles. The summed E-state index contributed by atoms with van der Waals surface area (Å²) in [6.07, 6.45) is 1.71. The van der Waals surface area contributed by atoms with E-state index in [-0.39, 0.29) is 0 Å². The molecule has 1 heterocycles. The molecular formula is C3H4N2S3. The standard InChI is InChI=1S/C3H4N2S3/c6-5(7)3-4-1-2-8-3/h1-2,6-7H. The Morgan fingerprint density at radius 2 is 2.38 bits per heavy atom. The van der Waals surface area contributed by atoms with E-state index in [1.54, 1.807) is 6.20 Å². The van der Waals surface area contributed by atoms with E-state index in [1.165, 1.54) is 15.0 Å². The minimum Gasteiger partial charge on any atom is -0.238 e. The van der Waals surface area contributed by atoms with Gasteiger partial charge in [-0.05, 0) is 0 Å². The first-order chi connectivity index (χ1) is 3.80. The third-order valence-corrected chi connectivity index (χ3v) is 2.00. The highest BCUT2D eigenvalue weighted by Gasteiger charge is 1.95. The average Bonchev–Trinajstić information content (AvgIpc) is 2.12. The highest BCUT2D eigenvalue weighted by Crippen LogP contribution is 2.19. The minimum absolute atomic E-state index is 0.789. The van der Waals surface area contributed by atoms with Crippen LogP contribution in [0.4, 0.5) is 5.13 Å². The molecule has 8 heavy (non-hydrogen) atoms. The van der Waals surface area contributed by atoms with Crippen LogP contribution in [0.2, 0.25) is 0 Å². The molecule has 5 heteroatoms. The van der Waals surface area contributed by atoms with Crippen LogP contribution in [0.1, 0.15) is 0 Å². The predicted octanol–water partition coefficient (Wildman–Crippen LogP) is 1.64. The van der Waals surface area contributed by atoms with Crippen LogP contribution >= 0.6 is 37.0 Å². The van der Waals surface area contributed by atoms with Crippen molar-refractivity contribution < 1.29 is 0 Å². The van der Waals surface area contributed by atoms with Crippen LogP contribution in [0.25, 0.3) is 0 Å². The molecule has 0 aliphatic rings. The van der Waals surface area contributed by atoms with Crippen molar-refractivity contribution >= 4 is 42.1 Å². The molecule has 0 unspecified atom stereocenters. The minimum atomic E-state index is 0.789. The number of hydrogen-bond donors (Lipinski definition) is 2. The molecular weight excluding hydrogens is 160 g/mol. The molecule has 0 aliphatic heterocycles. The summed E-state index contributed by atoms with van der Waals surface area (Å²) < 4.78 is 1.38. The van der Waals surface area contributed by atoms with Crippen LogP contribution < -0.4 is 3.71 Å². The first-order valence-corrected chi connectivity index (χ1v) is 3.56. The molecule has 0 saturated heterocycles. The molecule has 0 spiro atoms. The second-order valence-electron chi connectivity index (χ2n) is 1.10. The van der Waals surface area contributed by atoms with E-state index >= 15 is 0 Å². The molecule has 2 nitrogen and oxygen atoms in total. The van der Waals surface area contributed by atoms with Gasteiger partial charge in [-0.25, -0.2) is 8.69 Å². The van der Waals surface area contributed by atoms with Crippen molar-refractivity contribution in [3.63, 3.8) is 0 Å². The molecule has 1 aromatic heterocycles. The fourth-order valence-corrected chi connectivity index (χ4v) is 1.16. The van der Waals surface area contributed by atoms with Crippen LogP contribution in [0, 0.1) is 0 Å². The SMILES string of the molecule is SN(S)c1nccs1. The zero-order valence-corrected chi connectivity index (χ0v) is 6.46. The molecule has 0 amide bonds. The summed E-state index contributed by atoms with van der Waals surface area (Å²) in [6, 6.07) is 0. The fourth-order valence-electron chi connectivity index (χ4n) is 0.315. The molecule has 0 radical (unpaired) electrons. The van der Waals surface area contributed by atoms with Gasteiger partial charge in [-0.1, -0.05) is 25.6 Å². The Morgan fingerprint density at radius 1 is 1.62 bits per heavy atom. The maximum absolute atomic E-state index is 3.91. The normalized spacial score (nSPS) is 9.25. The van der Waals surface area contributed by atoms with Crippen molar-refractivity contribution in [1.29, 1.82) is 0 Å². The lowest BCUT2D eigenvalue weighted by Gasteiger charge is -2.00. The van der Waals surface area contributed by atoms with Gasteiger partial charge in [0.05, 0.1) is 0 Å². The van der Waals surface area contributed by atoms with E-state index < -0.39 is 0 Å². The highest BCUT2D eigenvalue weighted by molar-refractivity contribution is 8.00. The topological polar surface area (TPSA) is 16.1 Å². The lowest BCUT2D eigenvalue weighted by Crippen LogP contribution is -1.88. The van der Waals surface area contributed by atoms with Gasteiger partial charge in [0.25, 0.3) is 0 Å². The first-order valence-electron chi connectivity index (χ1n) is 1.88. The second-order valence-corrected chi connectivity index (χ2v) is 3.09. The number of nitrogens with zero attached hydrogens (tertiary/aromatic N) is 2. The van der Waals surface area contributed by atoms with Crippen LogP contribution in [0.3, 0.4) is 0 Å². The predicted molar refractivity (Wildman–Crippen MR) is 42.6 cm³/mol. The van der Waals surface area contributed by atoms with Gasteiger partial charge in [-0.3, -0.25) is 0 Å². The number of hydrogen-bond acceptors (Lipinski definition) is 5. The van der Waals surface area contributed by atoms with Gasteiger partial charge in [0.2, 0.25) is 5.13 Å². The van der Waals surface area contributed by atoms with E-state index in [9.17, 15) is 0 Å². The maximum Gasteiger partial charge on any atom is 0.205 e. The van der Waals surface area contributed by atoms with E-state index in [0.717, 1.165) is 5.13 Å². The second kappa shape index (κ2) is 2.61. The molecule has 1 rings (SSSR count). The number of anilines is 1. The summed E-state index contributed by atoms with van der Waals surface area (Å²) in [4.78, 5) is 3.91. The molecule has 0 atom stereocenters. The van der Waals surface area contributed by atoms with Gasteiger partial charge in [0.1, 0.15) is 0 Å². The van der Waals surface area contributed by atoms with Gasteiger partial charge in [-0.15, -0.1) is 11.3 Å². The molecule has 0 bridgehead atoms. The quantitative estimate of drug-likeness (QED) is 0.614. The average molecular weight is 164 g/mol. The lowest BCUT2D eigenvalue weighted by molar-refractivity contribution is 1.40. The maximum atomic E-state index is 3.91. The van der Waals surface area contributed by atoms with Crippen LogP contribution in [0.15, 0.2) is 11.6 Å². The Balaban J connectivity index is 2.77. The van der Waals surface area contributed by atoms with Crippen molar-refractivity contribution in [3.8, 4) is 0 Å². The summed E-state index contributed by atoms with van der Waals surface area (Å²) in [5.41, 5.74) is 0. The third-order valence-electron chi connectivity index (χ3n) is 0.590. The van der Waals surface area contributed by atoms with Crippen molar-refractivity contribution in [2.24, 2.45) is 0 Å². The van der Waals surface area contributed by atoms with E-state index in [2.05, 4.69) is 30.6 Å². The smallest absolute Gasteiger partial charge is 0.205 e. The van der Waals surface area contributed by atoms with E-state index in [0.29, 0.717) is 0 Å². The number of aromatic nitrogens is 1. The van der Waals surface area contributed by atoms with E-state index in [1.807, 2.05) is 5.38 Å². The van der Waals surface area contributed by atoms with Gasteiger partial charge in [-0.2, -0.15) is 0 Å². The van der Waals surface area contributed by atoms with Crippen molar-refractivity contribution in [2.75, 3.05) is 3.71 Å². The molecule has 1 aromatic rings. The highest BCUT2D eigenvalue weighted by atomic mass is 32.2. The number of thiazole rings is 1. The molecule has 0 N–H and O–H groups in total. The summed E-state index contributed by atoms with van der Waals surface area (Å²) in [5, 5.41) is 2.66. The third kappa shape index (κ3) is 1.30. The van der Waals surface area contributed by atoms with Gasteiger partial charge < -0.3 is 0 Å². The Morgan fingerprint density at radius 3 is 2.62 bits per heavy atom. The Labute approximate surface area is 62.6 Å². The first kappa shape index (κ1) is 6.25. The molecule has 0 saturated carbocycles. The van der Waals surface area contributed by atoms with E-state index in [4.69, 9.17) is 0 Å². The van der Waals surface area contributed by atoms with Crippen LogP contribution in [-0.2, 0) is 0 Å². The molecule has 0 aliphatic carbocycles. The molecule has 44 valence electrons.